The molecule has 2 aromatic rings. The van der Waals surface area contributed by atoms with Crippen molar-refractivity contribution in [3.05, 3.63) is 35.9 Å². The molecule has 1 aromatic heterocycles. The summed E-state index contributed by atoms with van der Waals surface area (Å²) < 4.78 is 5.65. The fourth-order valence-electron chi connectivity index (χ4n) is 4.83. The summed E-state index contributed by atoms with van der Waals surface area (Å²) in [5, 5.41) is 9.76. The smallest absolute Gasteiger partial charge is 0.238 e. The molecule has 2 saturated carbocycles. The highest BCUT2D eigenvalue weighted by molar-refractivity contribution is 5.94. The standard InChI is InChI=1S/C21H27N3O/c1-14-18(15-9-7-6-8-10-15)23-24(19(14)25-5)22-17-13-16-11-12-21(17,4)20(16,2)3/h6-10,16H,11-13H2,1-5H3/b22-17+/t16-,21+/m0/s1. The van der Waals surface area contributed by atoms with Crippen LogP contribution >= 0.6 is 0 Å². The zero-order valence-corrected chi connectivity index (χ0v) is 15.8. The monoisotopic (exact) mass is 337 g/mol. The quantitative estimate of drug-likeness (QED) is 0.797. The second-order valence-corrected chi connectivity index (χ2v) is 8.28. The van der Waals surface area contributed by atoms with E-state index >= 15 is 0 Å². The highest BCUT2D eigenvalue weighted by atomic mass is 16.5. The van der Waals surface area contributed by atoms with Crippen LogP contribution in [0.15, 0.2) is 35.4 Å². The van der Waals surface area contributed by atoms with Crippen LogP contribution in [0.4, 0.5) is 0 Å². The first-order valence-electron chi connectivity index (χ1n) is 9.16. The van der Waals surface area contributed by atoms with E-state index in [4.69, 9.17) is 14.9 Å². The van der Waals surface area contributed by atoms with Gasteiger partial charge in [-0.25, -0.2) is 0 Å². The molecule has 0 saturated heterocycles. The molecule has 0 aliphatic heterocycles. The molecule has 1 aromatic carbocycles. The van der Waals surface area contributed by atoms with Crippen molar-refractivity contribution in [2.24, 2.45) is 21.8 Å². The Bertz CT molecular complexity index is 834. The van der Waals surface area contributed by atoms with Gasteiger partial charge in [-0.3, -0.25) is 0 Å². The van der Waals surface area contributed by atoms with Crippen LogP contribution in [-0.4, -0.2) is 22.7 Å². The van der Waals surface area contributed by atoms with Gasteiger partial charge in [-0.2, -0.15) is 5.10 Å². The molecule has 4 heteroatoms. The number of fused-ring (bicyclic) bond motifs is 2. The normalized spacial score (nSPS) is 28.7. The number of hydrogen-bond donors (Lipinski definition) is 0. The Labute approximate surface area is 149 Å². The van der Waals surface area contributed by atoms with Gasteiger partial charge >= 0.3 is 0 Å². The van der Waals surface area contributed by atoms with Crippen LogP contribution in [0, 0.1) is 23.7 Å². The third kappa shape index (κ3) is 2.19. The number of rotatable bonds is 3. The molecule has 0 radical (unpaired) electrons. The molecule has 0 spiro atoms. The fraction of sp³-hybridized carbons (Fsp3) is 0.524. The molecule has 0 unspecified atom stereocenters. The predicted molar refractivity (Wildman–Crippen MR) is 101 cm³/mol. The van der Waals surface area contributed by atoms with E-state index in [9.17, 15) is 0 Å². The summed E-state index contributed by atoms with van der Waals surface area (Å²) in [5.41, 5.74) is 4.81. The van der Waals surface area contributed by atoms with Crippen molar-refractivity contribution < 1.29 is 4.74 Å². The maximum Gasteiger partial charge on any atom is 0.238 e. The van der Waals surface area contributed by atoms with Crippen LogP contribution in [0.2, 0.25) is 0 Å². The van der Waals surface area contributed by atoms with Crippen molar-refractivity contribution in [2.45, 2.75) is 47.0 Å². The second-order valence-electron chi connectivity index (χ2n) is 8.28. The van der Waals surface area contributed by atoms with Crippen LogP contribution in [-0.2, 0) is 0 Å². The highest BCUT2D eigenvalue weighted by Gasteiger charge is 2.60. The molecule has 2 aliphatic rings. The molecule has 1 heterocycles. The number of aromatic nitrogens is 2. The molecule has 0 N–H and O–H groups in total. The van der Waals surface area contributed by atoms with E-state index in [1.807, 2.05) is 18.2 Å². The number of ether oxygens (including phenoxy) is 1. The second kappa shape index (κ2) is 5.45. The van der Waals surface area contributed by atoms with E-state index in [1.165, 1.54) is 18.6 Å². The van der Waals surface area contributed by atoms with E-state index in [-0.39, 0.29) is 5.41 Å². The SMILES string of the molecule is COc1c(C)c(-c2ccccc2)nn1/N=C1\C[C@@H]2CC[C@@]1(C)C2(C)C. The minimum absolute atomic E-state index is 0.162. The number of nitrogens with zero attached hydrogens (tertiary/aromatic N) is 3. The lowest BCUT2D eigenvalue weighted by molar-refractivity contribution is 0.193. The Morgan fingerprint density at radius 1 is 1.20 bits per heavy atom. The molecule has 2 fully saturated rings. The van der Waals surface area contributed by atoms with E-state index in [2.05, 4.69) is 39.8 Å². The zero-order valence-electron chi connectivity index (χ0n) is 15.8. The summed E-state index contributed by atoms with van der Waals surface area (Å²) in [7, 11) is 1.70. The average Bonchev–Trinajstić information content (AvgIpc) is 3.10. The number of benzene rings is 1. The number of methoxy groups -OCH3 is 1. The van der Waals surface area contributed by atoms with Gasteiger partial charge in [0.1, 0.15) is 5.69 Å². The van der Waals surface area contributed by atoms with Crippen LogP contribution in [0.1, 0.15) is 45.6 Å². The largest absolute Gasteiger partial charge is 0.480 e. The lowest BCUT2D eigenvalue weighted by Gasteiger charge is -2.34. The van der Waals surface area contributed by atoms with Crippen molar-refractivity contribution in [3.63, 3.8) is 0 Å². The summed E-state index contributed by atoms with van der Waals surface area (Å²) in [6.45, 7) is 9.22. The summed E-state index contributed by atoms with van der Waals surface area (Å²) >= 11 is 0. The Hall–Kier alpha value is -2.10. The lowest BCUT2D eigenvalue weighted by atomic mass is 9.70. The first-order chi connectivity index (χ1) is 11.9. The van der Waals surface area contributed by atoms with Crippen LogP contribution in [0.5, 0.6) is 5.88 Å². The van der Waals surface area contributed by atoms with Crippen LogP contribution in [0.3, 0.4) is 0 Å². The first-order valence-corrected chi connectivity index (χ1v) is 9.16. The minimum atomic E-state index is 0.162. The highest BCUT2D eigenvalue weighted by Crippen LogP contribution is 2.64. The predicted octanol–water partition coefficient (Wildman–Crippen LogP) is 4.92. The molecule has 2 bridgehead atoms. The van der Waals surface area contributed by atoms with Gasteiger partial charge in [0.25, 0.3) is 0 Å². The van der Waals surface area contributed by atoms with E-state index < -0.39 is 0 Å². The van der Waals surface area contributed by atoms with E-state index in [0.29, 0.717) is 5.41 Å². The lowest BCUT2D eigenvalue weighted by Crippen LogP contribution is -2.33. The summed E-state index contributed by atoms with van der Waals surface area (Å²) in [4.78, 5) is 1.72. The third-order valence-corrected chi connectivity index (χ3v) is 7.02. The molecular formula is C21H27N3O. The van der Waals surface area contributed by atoms with E-state index in [0.717, 1.165) is 35.0 Å². The van der Waals surface area contributed by atoms with E-state index in [1.54, 1.807) is 11.9 Å². The van der Waals surface area contributed by atoms with Gasteiger partial charge < -0.3 is 4.74 Å². The molecule has 2 atom stereocenters. The van der Waals surface area contributed by atoms with Crippen molar-refractivity contribution in [2.75, 3.05) is 7.11 Å². The van der Waals surface area contributed by atoms with Gasteiger partial charge in [-0.05, 0) is 37.5 Å². The first kappa shape index (κ1) is 16.4. The molecule has 132 valence electrons. The topological polar surface area (TPSA) is 39.4 Å². The summed E-state index contributed by atoms with van der Waals surface area (Å²) in [5.74, 6) is 1.46. The van der Waals surface area contributed by atoms with Gasteiger partial charge in [0, 0.05) is 22.3 Å². The zero-order chi connectivity index (χ0) is 17.8. The summed E-state index contributed by atoms with van der Waals surface area (Å²) in [6, 6.07) is 10.2. The molecule has 25 heavy (non-hydrogen) atoms. The Kier molecular flexibility index (Phi) is 3.57. The van der Waals surface area contributed by atoms with Gasteiger partial charge in [0.2, 0.25) is 5.88 Å². The van der Waals surface area contributed by atoms with Gasteiger partial charge in [0.15, 0.2) is 0 Å². The Morgan fingerprint density at radius 3 is 2.48 bits per heavy atom. The van der Waals surface area contributed by atoms with Crippen LogP contribution in [0.25, 0.3) is 11.3 Å². The number of hydrogen-bond acceptors (Lipinski definition) is 3. The van der Waals surface area contributed by atoms with Gasteiger partial charge in [-0.1, -0.05) is 51.1 Å². The Morgan fingerprint density at radius 2 is 1.92 bits per heavy atom. The molecule has 2 aliphatic carbocycles. The van der Waals surface area contributed by atoms with Crippen molar-refractivity contribution >= 4 is 5.71 Å². The molecular weight excluding hydrogens is 310 g/mol. The maximum absolute atomic E-state index is 5.65. The maximum atomic E-state index is 5.65. The third-order valence-electron chi connectivity index (χ3n) is 7.02. The average molecular weight is 337 g/mol. The minimum Gasteiger partial charge on any atom is -0.480 e. The van der Waals surface area contributed by atoms with Crippen molar-refractivity contribution in [1.29, 1.82) is 0 Å². The molecule has 4 rings (SSSR count). The fourth-order valence-corrected chi connectivity index (χ4v) is 4.83. The van der Waals surface area contributed by atoms with Crippen molar-refractivity contribution in [1.82, 2.24) is 9.89 Å². The Balaban J connectivity index is 1.80. The summed E-state index contributed by atoms with van der Waals surface area (Å²) in [6.07, 6.45) is 3.61. The molecule has 0 amide bonds. The van der Waals surface area contributed by atoms with Gasteiger partial charge in [-0.15, -0.1) is 9.89 Å². The molecule has 4 nitrogen and oxygen atoms in total. The van der Waals surface area contributed by atoms with Crippen LogP contribution < -0.4 is 4.74 Å². The van der Waals surface area contributed by atoms with Crippen molar-refractivity contribution in [3.8, 4) is 17.1 Å². The van der Waals surface area contributed by atoms with Gasteiger partial charge in [0.05, 0.1) is 7.11 Å².